The molecule has 0 saturated heterocycles. The summed E-state index contributed by atoms with van der Waals surface area (Å²) in [5, 5.41) is 20.6. The summed E-state index contributed by atoms with van der Waals surface area (Å²) in [4.78, 5) is 32.4. The SMILES string of the molecule is CCOC(=O)c1nc(C2=C(c3cc(Cl)ccc3OC)CCC2)ccc1C.Cc1ccc(C2=C(c3cc(Cl)ccc3O)CCC2)nc1C(=O)O. The van der Waals surface area contributed by atoms with E-state index < -0.39 is 5.97 Å². The van der Waals surface area contributed by atoms with Crippen LogP contribution in [0, 0.1) is 13.8 Å². The Morgan fingerprint density at radius 1 is 0.735 bits per heavy atom. The van der Waals surface area contributed by atoms with Gasteiger partial charge in [-0.05, 0) is 141 Å². The highest BCUT2D eigenvalue weighted by atomic mass is 35.5. The number of benzene rings is 2. The molecule has 2 aromatic heterocycles. The van der Waals surface area contributed by atoms with Gasteiger partial charge in [-0.2, -0.15) is 0 Å². The third kappa shape index (κ3) is 7.98. The van der Waals surface area contributed by atoms with Crippen LogP contribution in [-0.2, 0) is 4.74 Å². The van der Waals surface area contributed by atoms with Crippen LogP contribution in [0.2, 0.25) is 10.0 Å². The van der Waals surface area contributed by atoms with Crippen LogP contribution in [0.5, 0.6) is 11.5 Å². The number of carbonyl (C=O) groups excluding carboxylic acids is 1. The van der Waals surface area contributed by atoms with Crippen molar-refractivity contribution in [3.8, 4) is 11.5 Å². The lowest BCUT2D eigenvalue weighted by molar-refractivity contribution is 0.0518. The van der Waals surface area contributed by atoms with Gasteiger partial charge in [0.1, 0.15) is 11.5 Å². The Morgan fingerprint density at radius 2 is 1.24 bits per heavy atom. The predicted molar refractivity (Wildman–Crippen MR) is 193 cm³/mol. The molecule has 0 spiro atoms. The number of allylic oxidation sites excluding steroid dienone is 4. The molecule has 2 aromatic carbocycles. The number of hydrogen-bond acceptors (Lipinski definition) is 7. The van der Waals surface area contributed by atoms with E-state index >= 15 is 0 Å². The average Bonchev–Trinajstić information content (AvgIpc) is 3.77. The van der Waals surface area contributed by atoms with E-state index in [4.69, 9.17) is 32.7 Å². The first-order valence-corrected chi connectivity index (χ1v) is 16.9. The van der Waals surface area contributed by atoms with Gasteiger partial charge < -0.3 is 19.7 Å². The predicted octanol–water partition coefficient (Wildman–Crippen LogP) is 9.87. The van der Waals surface area contributed by atoms with Gasteiger partial charge in [0.25, 0.3) is 0 Å². The van der Waals surface area contributed by atoms with Crippen molar-refractivity contribution in [1.82, 2.24) is 9.97 Å². The highest BCUT2D eigenvalue weighted by molar-refractivity contribution is 6.31. The Balaban J connectivity index is 0.000000192. The number of methoxy groups -OCH3 is 1. The molecule has 2 N–H and O–H groups in total. The number of hydrogen-bond donors (Lipinski definition) is 2. The summed E-state index contributed by atoms with van der Waals surface area (Å²) >= 11 is 12.3. The van der Waals surface area contributed by atoms with Crippen molar-refractivity contribution in [3.05, 3.63) is 116 Å². The zero-order valence-electron chi connectivity index (χ0n) is 27.9. The number of carboxylic acid groups (broad SMARTS) is 1. The van der Waals surface area contributed by atoms with Crippen molar-refractivity contribution in [2.45, 2.75) is 59.3 Å². The largest absolute Gasteiger partial charge is 0.507 e. The smallest absolute Gasteiger partial charge is 0.357 e. The second-order valence-electron chi connectivity index (χ2n) is 11.9. The Hall–Kier alpha value is -4.66. The molecular formula is C39H38Cl2N2O6. The van der Waals surface area contributed by atoms with Crippen LogP contribution in [0.1, 0.15) is 100 Å². The number of esters is 1. The first-order valence-electron chi connectivity index (χ1n) is 16.2. The number of rotatable bonds is 8. The molecule has 0 atom stereocenters. The summed E-state index contributed by atoms with van der Waals surface area (Å²) in [7, 11) is 1.66. The molecule has 0 saturated carbocycles. The van der Waals surface area contributed by atoms with Gasteiger partial charge in [0.15, 0.2) is 11.4 Å². The third-order valence-corrected chi connectivity index (χ3v) is 9.16. The monoisotopic (exact) mass is 700 g/mol. The zero-order valence-corrected chi connectivity index (χ0v) is 29.4. The number of nitrogens with zero attached hydrogens (tertiary/aromatic N) is 2. The molecule has 49 heavy (non-hydrogen) atoms. The highest BCUT2D eigenvalue weighted by Crippen LogP contribution is 2.44. The van der Waals surface area contributed by atoms with Crippen molar-refractivity contribution in [1.29, 1.82) is 0 Å². The number of phenolic OH excluding ortho intramolecular Hbond substituents is 1. The molecule has 6 rings (SSSR count). The number of phenols is 1. The van der Waals surface area contributed by atoms with E-state index in [-0.39, 0.29) is 17.4 Å². The fraction of sp³-hybridized carbons (Fsp3) is 0.282. The van der Waals surface area contributed by atoms with Crippen LogP contribution >= 0.6 is 23.2 Å². The summed E-state index contributed by atoms with van der Waals surface area (Å²) in [6.07, 6.45) is 5.41. The van der Waals surface area contributed by atoms with Crippen LogP contribution in [0.3, 0.4) is 0 Å². The summed E-state index contributed by atoms with van der Waals surface area (Å²) in [5.41, 5.74) is 9.32. The summed E-state index contributed by atoms with van der Waals surface area (Å²) in [6, 6.07) is 18.1. The van der Waals surface area contributed by atoms with E-state index in [0.29, 0.717) is 39.2 Å². The molecule has 0 bridgehead atoms. The van der Waals surface area contributed by atoms with E-state index in [2.05, 4.69) is 9.97 Å². The van der Waals surface area contributed by atoms with Gasteiger partial charge in [0, 0.05) is 21.2 Å². The Bertz CT molecular complexity index is 1980. The second-order valence-corrected chi connectivity index (χ2v) is 12.7. The van der Waals surface area contributed by atoms with E-state index in [1.165, 1.54) is 5.57 Å². The van der Waals surface area contributed by atoms with E-state index in [0.717, 1.165) is 77.8 Å². The van der Waals surface area contributed by atoms with E-state index in [1.807, 2.05) is 43.3 Å². The minimum absolute atomic E-state index is 0.0663. The molecule has 0 fully saturated rings. The molecule has 0 unspecified atom stereocenters. The number of aromatic nitrogens is 2. The topological polar surface area (TPSA) is 119 Å². The Morgan fingerprint density at radius 3 is 1.82 bits per heavy atom. The maximum Gasteiger partial charge on any atom is 0.357 e. The summed E-state index contributed by atoms with van der Waals surface area (Å²) < 4.78 is 10.7. The normalized spacial score (nSPS) is 14.1. The molecule has 10 heteroatoms. The van der Waals surface area contributed by atoms with Gasteiger partial charge in [-0.15, -0.1) is 0 Å². The van der Waals surface area contributed by atoms with E-state index in [1.54, 1.807) is 45.2 Å². The molecule has 2 heterocycles. The number of halogens is 2. The maximum absolute atomic E-state index is 12.2. The Kier molecular flexibility index (Phi) is 11.4. The van der Waals surface area contributed by atoms with Crippen LogP contribution in [-0.4, -0.2) is 45.8 Å². The number of aryl methyl sites for hydroxylation is 2. The summed E-state index contributed by atoms with van der Waals surface area (Å²) in [5.74, 6) is -0.446. The number of ether oxygens (including phenoxy) is 2. The van der Waals surface area contributed by atoms with Crippen LogP contribution < -0.4 is 4.74 Å². The maximum atomic E-state index is 12.2. The lowest BCUT2D eigenvalue weighted by Crippen LogP contribution is -2.10. The van der Waals surface area contributed by atoms with Crippen molar-refractivity contribution < 1.29 is 29.3 Å². The number of aromatic hydroxyl groups is 1. The molecule has 0 amide bonds. The van der Waals surface area contributed by atoms with Crippen LogP contribution in [0.4, 0.5) is 0 Å². The Labute approximate surface area is 296 Å². The lowest BCUT2D eigenvalue weighted by Gasteiger charge is -2.13. The summed E-state index contributed by atoms with van der Waals surface area (Å²) in [6.45, 7) is 5.72. The second kappa shape index (κ2) is 15.7. The fourth-order valence-corrected chi connectivity index (χ4v) is 6.67. The molecule has 8 nitrogen and oxygen atoms in total. The van der Waals surface area contributed by atoms with Crippen molar-refractivity contribution in [2.24, 2.45) is 0 Å². The van der Waals surface area contributed by atoms with E-state index in [9.17, 15) is 19.8 Å². The fourth-order valence-electron chi connectivity index (χ4n) is 6.33. The van der Waals surface area contributed by atoms with Gasteiger partial charge in [0.05, 0.1) is 25.1 Å². The first-order chi connectivity index (χ1) is 23.5. The van der Waals surface area contributed by atoms with Crippen LogP contribution in [0.15, 0.2) is 60.7 Å². The van der Waals surface area contributed by atoms with Crippen molar-refractivity contribution >= 4 is 57.4 Å². The van der Waals surface area contributed by atoms with Crippen molar-refractivity contribution in [2.75, 3.05) is 13.7 Å². The van der Waals surface area contributed by atoms with Gasteiger partial charge >= 0.3 is 11.9 Å². The van der Waals surface area contributed by atoms with Crippen LogP contribution in [0.25, 0.3) is 22.3 Å². The minimum atomic E-state index is -1.03. The van der Waals surface area contributed by atoms with Gasteiger partial charge in [-0.25, -0.2) is 19.6 Å². The lowest BCUT2D eigenvalue weighted by atomic mass is 9.98. The standard InChI is InChI=1S/C21H22ClNO3.C18H16ClNO3/c1-4-26-21(24)20-13(2)8-10-18(23-20)16-7-5-6-15(16)17-12-14(22)9-11-19(17)25-3;1-10-5-7-15(20-17(10)18(22)23)13-4-2-3-12(13)14-9-11(19)6-8-16(14)21/h8-12H,4-7H2,1-3H3;5-9,21H,2-4H2,1H3,(H,22,23). The first kappa shape index (κ1) is 35.6. The minimum Gasteiger partial charge on any atom is -0.507 e. The zero-order chi connectivity index (χ0) is 35.2. The average molecular weight is 702 g/mol. The number of carbonyl (C=O) groups is 2. The quantitative estimate of drug-likeness (QED) is 0.174. The molecule has 0 radical (unpaired) electrons. The molecule has 0 aliphatic heterocycles. The molecule has 2 aliphatic rings. The van der Waals surface area contributed by atoms with Gasteiger partial charge in [0.2, 0.25) is 0 Å². The molecule has 254 valence electrons. The van der Waals surface area contributed by atoms with Crippen molar-refractivity contribution in [3.63, 3.8) is 0 Å². The molecular weight excluding hydrogens is 663 g/mol. The van der Waals surface area contributed by atoms with Gasteiger partial charge in [-0.1, -0.05) is 35.3 Å². The highest BCUT2D eigenvalue weighted by Gasteiger charge is 2.24. The number of carboxylic acids is 1. The number of pyridine rings is 2. The van der Waals surface area contributed by atoms with Gasteiger partial charge in [-0.3, -0.25) is 0 Å². The third-order valence-electron chi connectivity index (χ3n) is 8.69. The molecule has 2 aliphatic carbocycles. The molecule has 4 aromatic rings. The number of aromatic carboxylic acids is 1.